The molecule has 108 valence electrons. The Kier molecular flexibility index (Phi) is 4.05. The van der Waals surface area contributed by atoms with E-state index in [-0.39, 0.29) is 12.2 Å². The number of alkyl halides is 3. The van der Waals surface area contributed by atoms with E-state index in [2.05, 4.69) is 15.8 Å². The molecular formula is C12H12F3N3O2. The molecule has 1 aliphatic rings. The molecule has 2 N–H and O–H groups in total. The molecule has 20 heavy (non-hydrogen) atoms. The van der Waals surface area contributed by atoms with Gasteiger partial charge in [-0.2, -0.15) is 18.7 Å². The summed E-state index contributed by atoms with van der Waals surface area (Å²) in [6.07, 6.45) is -1.71. The molecule has 0 saturated carbocycles. The normalized spacial score (nSPS) is 15.7. The van der Waals surface area contributed by atoms with E-state index in [1.54, 1.807) is 6.08 Å². The Morgan fingerprint density at radius 3 is 2.80 bits per heavy atom. The van der Waals surface area contributed by atoms with Gasteiger partial charge in [0.2, 0.25) is 0 Å². The van der Waals surface area contributed by atoms with E-state index < -0.39 is 23.3 Å². The average Bonchev–Trinajstić information content (AvgIpc) is 2.46. The van der Waals surface area contributed by atoms with E-state index in [0.29, 0.717) is 12.1 Å². The number of rotatable bonds is 2. The third-order valence-electron chi connectivity index (χ3n) is 2.77. The lowest BCUT2D eigenvalue weighted by atomic mass is 10.0. The molecule has 0 saturated heterocycles. The van der Waals surface area contributed by atoms with Crippen LogP contribution in [0.4, 0.5) is 13.2 Å². The monoisotopic (exact) mass is 287 g/mol. The van der Waals surface area contributed by atoms with E-state index in [4.69, 9.17) is 4.84 Å². The van der Waals surface area contributed by atoms with Gasteiger partial charge in [0.15, 0.2) is 0 Å². The number of hydroxylamine groups is 1. The third-order valence-corrected chi connectivity index (χ3v) is 2.77. The van der Waals surface area contributed by atoms with Crippen molar-refractivity contribution in [1.29, 1.82) is 0 Å². The van der Waals surface area contributed by atoms with Crippen LogP contribution in [0.5, 0.6) is 0 Å². The zero-order chi connectivity index (χ0) is 14.8. The largest absolute Gasteiger partial charge is 0.418 e. The molecule has 1 aliphatic heterocycles. The first kappa shape index (κ1) is 14.5. The second kappa shape index (κ2) is 5.59. The van der Waals surface area contributed by atoms with Crippen molar-refractivity contribution < 1.29 is 22.8 Å². The smallest absolute Gasteiger partial charge is 0.354 e. The SMILES string of the molecule is CNC(=O)c1ncc(C2=CCNOC2)cc1C(F)(F)F. The van der Waals surface area contributed by atoms with E-state index in [1.165, 1.54) is 13.2 Å². The van der Waals surface area contributed by atoms with Gasteiger partial charge in [-0.25, -0.2) is 4.98 Å². The number of carbonyl (C=O) groups is 1. The second-order valence-corrected chi connectivity index (χ2v) is 4.06. The van der Waals surface area contributed by atoms with Crippen LogP contribution in [-0.4, -0.2) is 31.1 Å². The summed E-state index contributed by atoms with van der Waals surface area (Å²) in [6.45, 7) is 0.534. The summed E-state index contributed by atoms with van der Waals surface area (Å²) in [4.78, 5) is 20.0. The fourth-order valence-corrected chi connectivity index (χ4v) is 1.77. The number of nitrogens with zero attached hydrogens (tertiary/aromatic N) is 1. The van der Waals surface area contributed by atoms with Crippen molar-refractivity contribution in [2.24, 2.45) is 0 Å². The first-order chi connectivity index (χ1) is 9.43. The van der Waals surface area contributed by atoms with Crippen LogP contribution in [0.3, 0.4) is 0 Å². The lowest BCUT2D eigenvalue weighted by molar-refractivity contribution is -0.138. The van der Waals surface area contributed by atoms with Crippen LogP contribution in [0.2, 0.25) is 0 Å². The molecular weight excluding hydrogens is 275 g/mol. The van der Waals surface area contributed by atoms with Crippen LogP contribution in [-0.2, 0) is 11.0 Å². The molecule has 0 aromatic carbocycles. The number of aromatic nitrogens is 1. The number of carbonyl (C=O) groups excluding carboxylic acids is 1. The quantitative estimate of drug-likeness (QED) is 0.862. The van der Waals surface area contributed by atoms with Crippen LogP contribution in [0.15, 0.2) is 18.3 Å². The topological polar surface area (TPSA) is 63.2 Å². The lowest BCUT2D eigenvalue weighted by Gasteiger charge is -2.17. The maximum absolute atomic E-state index is 13.0. The van der Waals surface area contributed by atoms with Crippen LogP contribution >= 0.6 is 0 Å². The number of hydrogen-bond donors (Lipinski definition) is 2. The zero-order valence-corrected chi connectivity index (χ0v) is 10.5. The summed E-state index contributed by atoms with van der Waals surface area (Å²) < 4.78 is 39.0. The molecule has 8 heteroatoms. The highest BCUT2D eigenvalue weighted by molar-refractivity contribution is 5.94. The van der Waals surface area contributed by atoms with E-state index >= 15 is 0 Å². The molecule has 1 aromatic heterocycles. The molecule has 1 aromatic rings. The van der Waals surface area contributed by atoms with Crippen molar-refractivity contribution in [3.05, 3.63) is 35.2 Å². The van der Waals surface area contributed by atoms with Crippen LogP contribution in [0.1, 0.15) is 21.6 Å². The van der Waals surface area contributed by atoms with Gasteiger partial charge >= 0.3 is 6.18 Å². The molecule has 2 rings (SSSR count). The number of halogens is 3. The maximum atomic E-state index is 13.0. The standard InChI is InChI=1S/C12H12F3N3O2/c1-16-11(19)10-9(12(13,14)15)4-8(5-17-10)7-2-3-18-20-6-7/h2,4-5,18H,3,6H2,1H3,(H,16,19). The van der Waals surface area contributed by atoms with Crippen molar-refractivity contribution in [1.82, 2.24) is 15.8 Å². The Balaban J connectivity index is 2.48. The van der Waals surface area contributed by atoms with Crippen molar-refractivity contribution in [2.75, 3.05) is 20.2 Å². The minimum absolute atomic E-state index is 0.137. The highest BCUT2D eigenvalue weighted by Gasteiger charge is 2.36. The van der Waals surface area contributed by atoms with Crippen LogP contribution < -0.4 is 10.8 Å². The number of pyridine rings is 1. The minimum Gasteiger partial charge on any atom is -0.354 e. The van der Waals surface area contributed by atoms with Gasteiger partial charge in [0, 0.05) is 19.8 Å². The molecule has 0 fully saturated rings. The highest BCUT2D eigenvalue weighted by Crippen LogP contribution is 2.33. The molecule has 0 spiro atoms. The summed E-state index contributed by atoms with van der Waals surface area (Å²) >= 11 is 0. The van der Waals surface area contributed by atoms with Crippen molar-refractivity contribution >= 4 is 11.5 Å². The Morgan fingerprint density at radius 1 is 1.50 bits per heavy atom. The van der Waals surface area contributed by atoms with E-state index in [0.717, 1.165) is 6.07 Å². The van der Waals surface area contributed by atoms with Crippen molar-refractivity contribution in [2.45, 2.75) is 6.18 Å². The molecule has 0 bridgehead atoms. The second-order valence-electron chi connectivity index (χ2n) is 4.06. The first-order valence-electron chi connectivity index (χ1n) is 5.77. The van der Waals surface area contributed by atoms with Gasteiger partial charge in [-0.15, -0.1) is 0 Å². The molecule has 2 heterocycles. The lowest BCUT2D eigenvalue weighted by Crippen LogP contribution is -2.25. The summed E-state index contributed by atoms with van der Waals surface area (Å²) in [5.41, 5.74) is 1.76. The molecule has 0 radical (unpaired) electrons. The molecule has 5 nitrogen and oxygen atoms in total. The Labute approximate surface area is 112 Å². The zero-order valence-electron chi connectivity index (χ0n) is 10.5. The van der Waals surface area contributed by atoms with Gasteiger partial charge in [0.25, 0.3) is 5.91 Å². The fraction of sp³-hybridized carbons (Fsp3) is 0.333. The predicted molar refractivity (Wildman–Crippen MR) is 64.6 cm³/mol. The Morgan fingerprint density at radius 2 is 2.25 bits per heavy atom. The van der Waals surface area contributed by atoms with E-state index in [9.17, 15) is 18.0 Å². The van der Waals surface area contributed by atoms with Gasteiger partial charge in [-0.05, 0) is 17.2 Å². The van der Waals surface area contributed by atoms with Crippen molar-refractivity contribution in [3.63, 3.8) is 0 Å². The third kappa shape index (κ3) is 2.97. The number of amides is 1. The van der Waals surface area contributed by atoms with Gasteiger partial charge in [-0.3, -0.25) is 9.63 Å². The molecule has 1 amide bonds. The number of hydrogen-bond acceptors (Lipinski definition) is 4. The summed E-state index contributed by atoms with van der Waals surface area (Å²) in [7, 11) is 1.25. The Hall–Kier alpha value is -1.93. The van der Waals surface area contributed by atoms with Crippen LogP contribution in [0.25, 0.3) is 5.57 Å². The Bertz CT molecular complexity index is 555. The first-order valence-corrected chi connectivity index (χ1v) is 5.77. The minimum atomic E-state index is -4.65. The summed E-state index contributed by atoms with van der Waals surface area (Å²) in [6, 6.07) is 0.915. The fourth-order valence-electron chi connectivity index (χ4n) is 1.77. The molecule has 0 unspecified atom stereocenters. The number of nitrogens with one attached hydrogen (secondary N) is 2. The van der Waals surface area contributed by atoms with Gasteiger partial charge in [0.05, 0.1) is 12.2 Å². The average molecular weight is 287 g/mol. The molecule has 0 atom stereocenters. The molecule has 0 aliphatic carbocycles. The van der Waals surface area contributed by atoms with Gasteiger partial charge in [0.1, 0.15) is 5.69 Å². The van der Waals surface area contributed by atoms with Crippen molar-refractivity contribution in [3.8, 4) is 0 Å². The van der Waals surface area contributed by atoms with Crippen LogP contribution in [0, 0.1) is 0 Å². The van der Waals surface area contributed by atoms with Gasteiger partial charge < -0.3 is 5.32 Å². The summed E-state index contributed by atoms with van der Waals surface area (Å²) in [5.74, 6) is -0.876. The van der Waals surface area contributed by atoms with E-state index in [1.807, 2.05) is 0 Å². The maximum Gasteiger partial charge on any atom is 0.418 e. The summed E-state index contributed by atoms with van der Waals surface area (Å²) in [5, 5.41) is 2.14. The highest BCUT2D eigenvalue weighted by atomic mass is 19.4. The predicted octanol–water partition coefficient (Wildman–Crippen LogP) is 1.38. The van der Waals surface area contributed by atoms with Gasteiger partial charge in [-0.1, -0.05) is 6.08 Å².